The van der Waals surface area contributed by atoms with Gasteiger partial charge in [-0.05, 0) is 46.8 Å². The molecule has 6 nitrogen and oxygen atoms in total. The predicted molar refractivity (Wildman–Crippen MR) is 110 cm³/mol. The molecule has 0 atom stereocenters. The van der Waals surface area contributed by atoms with Gasteiger partial charge in [0.15, 0.2) is 11.7 Å². The molecule has 0 aliphatic carbocycles. The van der Waals surface area contributed by atoms with Gasteiger partial charge in [-0.2, -0.15) is 4.57 Å². The van der Waals surface area contributed by atoms with Crippen molar-refractivity contribution in [2.75, 3.05) is 6.54 Å². The van der Waals surface area contributed by atoms with Gasteiger partial charge in [0.2, 0.25) is 5.52 Å². The number of nitrogens with one attached hydrogen (secondary N) is 1. The molecule has 0 fully saturated rings. The van der Waals surface area contributed by atoms with Crippen LogP contribution in [-0.4, -0.2) is 27.8 Å². The summed E-state index contributed by atoms with van der Waals surface area (Å²) < 4.78 is 9.46. The molecule has 0 radical (unpaired) electrons. The number of aromatic nitrogens is 3. The lowest BCUT2D eigenvalue weighted by atomic mass is 10.1. The Morgan fingerprint density at radius 1 is 1.36 bits per heavy atom. The number of pyridine rings is 1. The van der Waals surface area contributed by atoms with Gasteiger partial charge in [0, 0.05) is 17.7 Å². The van der Waals surface area contributed by atoms with Gasteiger partial charge in [0.1, 0.15) is 12.6 Å². The average Bonchev–Trinajstić information content (AvgIpc) is 3.01. The van der Waals surface area contributed by atoms with Gasteiger partial charge in [0.05, 0.1) is 23.8 Å². The molecule has 1 N–H and O–H groups in total. The molecule has 2 heterocycles. The molecule has 0 aliphatic heterocycles. The highest BCUT2D eigenvalue weighted by atomic mass is 16.6. The van der Waals surface area contributed by atoms with Crippen LogP contribution in [0.1, 0.15) is 46.2 Å². The van der Waals surface area contributed by atoms with Crippen LogP contribution in [0.5, 0.6) is 0 Å². The first-order chi connectivity index (χ1) is 13.2. The Balaban J connectivity index is 1.89. The summed E-state index contributed by atoms with van der Waals surface area (Å²) in [6.45, 7) is 10.0. The summed E-state index contributed by atoms with van der Waals surface area (Å²) in [4.78, 5) is 16.2. The first-order valence-corrected chi connectivity index (χ1v) is 9.40. The summed E-state index contributed by atoms with van der Waals surface area (Å²) in [7, 11) is 2.02. The van der Waals surface area contributed by atoms with Crippen molar-refractivity contribution in [3.63, 3.8) is 0 Å². The van der Waals surface area contributed by atoms with Crippen LogP contribution in [0, 0.1) is 11.8 Å². The summed E-state index contributed by atoms with van der Waals surface area (Å²) in [5, 5.41) is 3.76. The van der Waals surface area contributed by atoms with Crippen molar-refractivity contribution in [2.24, 2.45) is 7.05 Å². The third-order valence-electron chi connectivity index (χ3n) is 4.28. The summed E-state index contributed by atoms with van der Waals surface area (Å²) in [6, 6.07) is 6.45. The van der Waals surface area contributed by atoms with Crippen molar-refractivity contribution in [3.8, 4) is 11.8 Å². The Kier molecular flexibility index (Phi) is 5.28. The van der Waals surface area contributed by atoms with Crippen LogP contribution < -0.4 is 9.88 Å². The smallest absolute Gasteiger partial charge is 0.408 e. The van der Waals surface area contributed by atoms with Gasteiger partial charge in [-0.1, -0.05) is 11.8 Å². The number of carbonyl (C=O) groups excluding carboxylic acids is 1. The van der Waals surface area contributed by atoms with E-state index in [0.717, 1.165) is 27.5 Å². The molecule has 0 unspecified atom stereocenters. The number of nitrogens with zero attached hydrogens (tertiary/aromatic N) is 3. The molecule has 0 spiro atoms. The van der Waals surface area contributed by atoms with Crippen molar-refractivity contribution < 1.29 is 14.1 Å². The number of hydrogen-bond acceptors (Lipinski definition) is 3. The van der Waals surface area contributed by atoms with Gasteiger partial charge in [-0.25, -0.2) is 9.78 Å². The summed E-state index contributed by atoms with van der Waals surface area (Å²) in [5.41, 5.74) is 3.56. The number of imidazole rings is 1. The van der Waals surface area contributed by atoms with E-state index < -0.39 is 11.7 Å². The molecule has 0 aliphatic rings. The highest BCUT2D eigenvalue weighted by Crippen LogP contribution is 2.25. The van der Waals surface area contributed by atoms with Crippen LogP contribution in [-0.2, 0) is 11.8 Å². The lowest BCUT2D eigenvalue weighted by Crippen LogP contribution is -2.32. The molecule has 3 rings (SSSR count). The zero-order valence-corrected chi connectivity index (χ0v) is 17.3. The van der Waals surface area contributed by atoms with E-state index in [1.54, 1.807) is 0 Å². The molecule has 0 saturated carbocycles. The van der Waals surface area contributed by atoms with Crippen LogP contribution in [0.3, 0.4) is 0 Å². The second-order valence-electron chi connectivity index (χ2n) is 8.11. The van der Waals surface area contributed by atoms with Crippen molar-refractivity contribution in [3.05, 3.63) is 36.3 Å². The van der Waals surface area contributed by atoms with Gasteiger partial charge in [0.25, 0.3) is 0 Å². The topological polar surface area (TPSA) is 60.0 Å². The number of amides is 1. The molecule has 28 heavy (non-hydrogen) atoms. The highest BCUT2D eigenvalue weighted by Gasteiger charge is 2.17. The van der Waals surface area contributed by atoms with Crippen molar-refractivity contribution in [1.29, 1.82) is 0 Å². The van der Waals surface area contributed by atoms with Gasteiger partial charge < -0.3 is 14.6 Å². The number of alkyl carbamates (subject to hydrolysis) is 1. The zero-order valence-electron chi connectivity index (χ0n) is 17.3. The molecule has 2 aromatic heterocycles. The quantitative estimate of drug-likeness (QED) is 0.548. The summed E-state index contributed by atoms with van der Waals surface area (Å²) in [6.07, 6.45) is 3.47. The highest BCUT2D eigenvalue weighted by molar-refractivity contribution is 6.01. The second kappa shape index (κ2) is 7.51. The minimum absolute atomic E-state index is 0.231. The van der Waals surface area contributed by atoms with Crippen molar-refractivity contribution >= 4 is 28.0 Å². The predicted octanol–water partition coefficient (Wildman–Crippen LogP) is 3.47. The van der Waals surface area contributed by atoms with Crippen molar-refractivity contribution in [1.82, 2.24) is 14.9 Å². The summed E-state index contributed by atoms with van der Waals surface area (Å²) in [5.74, 6) is 6.11. The Bertz CT molecular complexity index is 1090. The van der Waals surface area contributed by atoms with Crippen molar-refractivity contribution in [2.45, 2.75) is 46.3 Å². The van der Waals surface area contributed by atoms with E-state index in [2.05, 4.69) is 57.3 Å². The molecular weight excluding hydrogens is 352 g/mol. The minimum Gasteiger partial charge on any atom is -0.444 e. The number of hydrogen-bond donors (Lipinski definition) is 1. The molecule has 6 heteroatoms. The molecular formula is C22H27N4O2+. The van der Waals surface area contributed by atoms with E-state index in [4.69, 9.17) is 4.74 Å². The third kappa shape index (κ3) is 4.25. The standard InChI is InChI=1S/C22H26N4O2/c1-15(2)26-14-24-18-13-25(6)19-10-9-16(12-17(19)20(18)26)8-7-11-23-21(27)28-22(3,4)5/h9-10,12-15H,11H2,1-6H3/p+1. The maximum Gasteiger partial charge on any atom is 0.408 e. The van der Waals surface area contributed by atoms with Gasteiger partial charge in [-0.3, -0.25) is 0 Å². The van der Waals surface area contributed by atoms with E-state index in [0.29, 0.717) is 6.04 Å². The number of carbonyl (C=O) groups is 1. The average molecular weight is 379 g/mol. The van der Waals surface area contributed by atoms with Crippen LogP contribution in [0.25, 0.3) is 21.9 Å². The SMILES string of the molecule is CC(C)n1cnc2c[n+](C)c3ccc(C#CCNC(=O)OC(C)(C)C)cc3c21. The number of fused-ring (bicyclic) bond motifs is 3. The molecule has 1 amide bonds. The second-order valence-corrected chi connectivity index (χ2v) is 8.11. The van der Waals surface area contributed by atoms with E-state index in [1.807, 2.05) is 46.4 Å². The largest absolute Gasteiger partial charge is 0.444 e. The first kappa shape index (κ1) is 19.7. The fourth-order valence-corrected chi connectivity index (χ4v) is 3.08. The van der Waals surface area contributed by atoms with E-state index in [1.165, 1.54) is 0 Å². The Labute approximate surface area is 165 Å². The van der Waals surface area contributed by atoms with Crippen LogP contribution in [0.4, 0.5) is 4.79 Å². The molecule has 0 bridgehead atoms. The zero-order chi connectivity index (χ0) is 20.5. The van der Waals surface area contributed by atoms with E-state index in [9.17, 15) is 4.79 Å². The first-order valence-electron chi connectivity index (χ1n) is 9.40. The lowest BCUT2D eigenvalue weighted by molar-refractivity contribution is -0.643. The van der Waals surface area contributed by atoms with Crippen LogP contribution in [0.2, 0.25) is 0 Å². The van der Waals surface area contributed by atoms with Gasteiger partial charge in [-0.15, -0.1) is 0 Å². The monoisotopic (exact) mass is 379 g/mol. The lowest BCUT2D eigenvalue weighted by Gasteiger charge is -2.18. The van der Waals surface area contributed by atoms with Crippen LogP contribution >= 0.6 is 0 Å². The molecule has 3 aromatic rings. The fraction of sp³-hybridized carbons (Fsp3) is 0.409. The molecule has 146 valence electrons. The third-order valence-corrected chi connectivity index (χ3v) is 4.28. The molecule has 0 saturated heterocycles. The number of benzene rings is 1. The number of rotatable bonds is 2. The van der Waals surface area contributed by atoms with Gasteiger partial charge >= 0.3 is 6.09 Å². The maximum atomic E-state index is 11.7. The Morgan fingerprint density at radius 3 is 2.79 bits per heavy atom. The normalized spacial score (nSPS) is 11.5. The Hall–Kier alpha value is -3.07. The number of aryl methyl sites for hydroxylation is 1. The van der Waals surface area contributed by atoms with E-state index in [-0.39, 0.29) is 6.54 Å². The molecule has 1 aromatic carbocycles. The summed E-state index contributed by atoms with van der Waals surface area (Å²) >= 11 is 0. The Morgan fingerprint density at radius 2 is 2.11 bits per heavy atom. The maximum absolute atomic E-state index is 11.7. The van der Waals surface area contributed by atoms with Crippen LogP contribution in [0.15, 0.2) is 30.7 Å². The number of ether oxygens (including phenoxy) is 1. The minimum atomic E-state index is -0.518. The fourth-order valence-electron chi connectivity index (χ4n) is 3.08. The van der Waals surface area contributed by atoms with E-state index >= 15 is 0 Å².